The van der Waals surface area contributed by atoms with Crippen molar-refractivity contribution in [2.24, 2.45) is 0 Å². The lowest BCUT2D eigenvalue weighted by atomic mass is 10.1. The first-order valence-corrected chi connectivity index (χ1v) is 10.5. The zero-order valence-electron chi connectivity index (χ0n) is 14.4. The van der Waals surface area contributed by atoms with E-state index in [-0.39, 0.29) is 5.91 Å². The predicted octanol–water partition coefficient (Wildman–Crippen LogP) is 5.47. The Hall–Kier alpha value is -1.95. The number of para-hydroxylation sites is 1. The maximum atomic E-state index is 13.2. The van der Waals surface area contributed by atoms with E-state index in [4.69, 9.17) is 23.2 Å². The number of hydrogen-bond acceptors (Lipinski definition) is 4. The van der Waals surface area contributed by atoms with Gasteiger partial charge >= 0.3 is 0 Å². The van der Waals surface area contributed by atoms with Crippen LogP contribution in [0.2, 0.25) is 10.0 Å². The average Bonchev–Trinajstić information content (AvgIpc) is 2.71. The number of anilines is 2. The van der Waals surface area contributed by atoms with E-state index in [1.807, 2.05) is 47.0 Å². The van der Waals surface area contributed by atoms with E-state index < -0.39 is 0 Å². The number of nitrogens with one attached hydrogen (secondary N) is 1. The van der Waals surface area contributed by atoms with E-state index in [2.05, 4.69) is 10.3 Å². The quantitative estimate of drug-likeness (QED) is 0.612. The van der Waals surface area contributed by atoms with Gasteiger partial charge in [-0.25, -0.2) is 0 Å². The summed E-state index contributed by atoms with van der Waals surface area (Å²) >= 11 is 14.1. The Bertz CT molecular complexity index is 1010. The molecule has 3 aromatic rings. The van der Waals surface area contributed by atoms with Gasteiger partial charge in [0.25, 0.3) is 5.91 Å². The van der Waals surface area contributed by atoms with Gasteiger partial charge in [0, 0.05) is 41.9 Å². The topological polar surface area (TPSA) is 45.2 Å². The molecule has 0 radical (unpaired) electrons. The fourth-order valence-electron chi connectivity index (χ4n) is 3.09. The molecule has 1 amide bonds. The lowest BCUT2D eigenvalue weighted by Crippen LogP contribution is -2.38. The van der Waals surface area contributed by atoms with Crippen molar-refractivity contribution >= 4 is 63.1 Å². The molecular weight excluding hydrogens is 401 g/mol. The molecule has 0 atom stereocenters. The molecule has 1 aliphatic rings. The smallest absolute Gasteiger partial charge is 0.257 e. The maximum absolute atomic E-state index is 13.2. The summed E-state index contributed by atoms with van der Waals surface area (Å²) in [6, 6.07) is 13.1. The molecule has 1 fully saturated rings. The van der Waals surface area contributed by atoms with Gasteiger partial charge < -0.3 is 10.2 Å². The Kier molecular flexibility index (Phi) is 5.43. The number of hydrogen-bond donors (Lipinski definition) is 1. The van der Waals surface area contributed by atoms with Crippen molar-refractivity contribution in [3.05, 3.63) is 64.3 Å². The van der Waals surface area contributed by atoms with Crippen LogP contribution in [0.1, 0.15) is 10.4 Å². The van der Waals surface area contributed by atoms with Gasteiger partial charge in [-0.15, -0.1) is 0 Å². The molecule has 1 aromatic heterocycles. The first kappa shape index (κ1) is 18.4. The van der Waals surface area contributed by atoms with Gasteiger partial charge in [-0.3, -0.25) is 9.78 Å². The van der Waals surface area contributed by atoms with Crippen molar-refractivity contribution in [3.63, 3.8) is 0 Å². The van der Waals surface area contributed by atoms with E-state index in [1.165, 1.54) is 0 Å². The second-order valence-electron chi connectivity index (χ2n) is 6.22. The summed E-state index contributed by atoms with van der Waals surface area (Å²) in [7, 11) is 0. The van der Waals surface area contributed by atoms with Crippen LogP contribution in [0.4, 0.5) is 11.4 Å². The van der Waals surface area contributed by atoms with Crippen LogP contribution in [0.25, 0.3) is 10.9 Å². The van der Waals surface area contributed by atoms with Gasteiger partial charge in [-0.1, -0.05) is 41.4 Å². The van der Waals surface area contributed by atoms with Crippen LogP contribution < -0.4 is 5.32 Å². The molecule has 4 nitrogen and oxygen atoms in total. The van der Waals surface area contributed by atoms with E-state index >= 15 is 0 Å². The standard InChI is InChI=1S/C20H17Cl2N3OS/c21-16-6-5-13(11-17(16)22)24-19-14-3-1-2-4-18(14)23-12-15(19)20(26)25-7-9-27-10-8-25/h1-6,11-12H,7-10H2,(H,23,24). The molecule has 0 spiro atoms. The van der Waals surface area contributed by atoms with Crippen LogP contribution >= 0.6 is 35.0 Å². The van der Waals surface area contributed by atoms with Crippen LogP contribution in [0.3, 0.4) is 0 Å². The van der Waals surface area contributed by atoms with Crippen molar-refractivity contribution in [1.82, 2.24) is 9.88 Å². The lowest BCUT2D eigenvalue weighted by molar-refractivity contribution is 0.0773. The highest BCUT2D eigenvalue weighted by atomic mass is 35.5. The minimum absolute atomic E-state index is 0.00360. The van der Waals surface area contributed by atoms with Gasteiger partial charge in [0.05, 0.1) is 26.8 Å². The number of thioether (sulfide) groups is 1. The third kappa shape index (κ3) is 3.86. The highest BCUT2D eigenvalue weighted by Crippen LogP contribution is 2.32. The maximum Gasteiger partial charge on any atom is 0.257 e. The molecule has 2 aromatic carbocycles. The summed E-state index contributed by atoms with van der Waals surface area (Å²) in [6.45, 7) is 1.51. The van der Waals surface area contributed by atoms with Gasteiger partial charge in [0.1, 0.15) is 0 Å². The summed E-state index contributed by atoms with van der Waals surface area (Å²) in [5.74, 6) is 1.92. The molecule has 138 valence electrons. The summed E-state index contributed by atoms with van der Waals surface area (Å²) in [4.78, 5) is 19.5. The van der Waals surface area contributed by atoms with Crippen LogP contribution in [0, 0.1) is 0 Å². The third-order valence-corrected chi connectivity index (χ3v) is 6.17. The third-order valence-electron chi connectivity index (χ3n) is 4.49. The zero-order chi connectivity index (χ0) is 18.8. The highest BCUT2D eigenvalue weighted by molar-refractivity contribution is 7.99. The summed E-state index contributed by atoms with van der Waals surface area (Å²) < 4.78 is 0. The summed E-state index contributed by atoms with van der Waals surface area (Å²) in [5, 5.41) is 5.21. The normalized spacial score (nSPS) is 14.4. The second-order valence-corrected chi connectivity index (χ2v) is 8.26. The lowest BCUT2D eigenvalue weighted by Gasteiger charge is -2.27. The van der Waals surface area contributed by atoms with E-state index in [1.54, 1.807) is 18.3 Å². The first-order chi connectivity index (χ1) is 13.1. The molecule has 1 aliphatic heterocycles. The average molecular weight is 418 g/mol. The monoisotopic (exact) mass is 417 g/mol. The molecule has 7 heteroatoms. The van der Waals surface area contributed by atoms with Crippen LogP contribution in [0.5, 0.6) is 0 Å². The van der Waals surface area contributed by atoms with Crippen molar-refractivity contribution in [2.75, 3.05) is 29.9 Å². The molecule has 1 saturated heterocycles. The molecule has 0 saturated carbocycles. The predicted molar refractivity (Wildman–Crippen MR) is 115 cm³/mol. The highest BCUT2D eigenvalue weighted by Gasteiger charge is 2.23. The number of amides is 1. The van der Waals surface area contributed by atoms with Gasteiger partial charge in [0.15, 0.2) is 0 Å². The Morgan fingerprint density at radius 1 is 1.07 bits per heavy atom. The second kappa shape index (κ2) is 7.97. The van der Waals surface area contributed by atoms with Gasteiger partial charge in [-0.05, 0) is 24.3 Å². The Labute approximate surface area is 171 Å². The number of fused-ring (bicyclic) bond motifs is 1. The molecule has 0 aliphatic carbocycles. The zero-order valence-corrected chi connectivity index (χ0v) is 16.7. The van der Waals surface area contributed by atoms with E-state index in [9.17, 15) is 4.79 Å². The minimum Gasteiger partial charge on any atom is -0.354 e. The number of aromatic nitrogens is 1. The fraction of sp³-hybridized carbons (Fsp3) is 0.200. The summed E-state index contributed by atoms with van der Waals surface area (Å²) in [5.41, 5.74) is 2.89. The minimum atomic E-state index is -0.00360. The van der Waals surface area contributed by atoms with E-state index in [0.29, 0.717) is 15.6 Å². The number of carbonyl (C=O) groups is 1. The number of nitrogens with zero attached hydrogens (tertiary/aromatic N) is 2. The van der Waals surface area contributed by atoms with Crippen LogP contribution in [0.15, 0.2) is 48.7 Å². The van der Waals surface area contributed by atoms with Crippen molar-refractivity contribution in [3.8, 4) is 0 Å². The number of rotatable bonds is 3. The van der Waals surface area contributed by atoms with Crippen molar-refractivity contribution < 1.29 is 4.79 Å². The summed E-state index contributed by atoms with van der Waals surface area (Å²) in [6.07, 6.45) is 1.66. The molecule has 0 bridgehead atoms. The Morgan fingerprint density at radius 3 is 2.63 bits per heavy atom. The van der Waals surface area contributed by atoms with Crippen LogP contribution in [-0.4, -0.2) is 40.4 Å². The van der Waals surface area contributed by atoms with Crippen molar-refractivity contribution in [1.29, 1.82) is 0 Å². The first-order valence-electron chi connectivity index (χ1n) is 8.60. The molecule has 4 rings (SSSR count). The number of carbonyl (C=O) groups excluding carboxylic acids is 1. The van der Waals surface area contributed by atoms with Gasteiger partial charge in [-0.2, -0.15) is 11.8 Å². The number of halogens is 2. The SMILES string of the molecule is O=C(c1cnc2ccccc2c1Nc1ccc(Cl)c(Cl)c1)N1CCSCC1. The Balaban J connectivity index is 1.79. The number of pyridine rings is 1. The molecule has 0 unspecified atom stereocenters. The molecule has 1 N–H and O–H groups in total. The van der Waals surface area contributed by atoms with Crippen molar-refractivity contribution in [2.45, 2.75) is 0 Å². The largest absolute Gasteiger partial charge is 0.354 e. The fourth-order valence-corrected chi connectivity index (χ4v) is 4.29. The van der Waals surface area contributed by atoms with Gasteiger partial charge in [0.2, 0.25) is 0 Å². The van der Waals surface area contributed by atoms with Crippen LogP contribution in [-0.2, 0) is 0 Å². The van der Waals surface area contributed by atoms with E-state index in [0.717, 1.165) is 46.9 Å². The molecule has 27 heavy (non-hydrogen) atoms. The molecular formula is C20H17Cl2N3OS. The molecule has 2 heterocycles. The number of benzene rings is 2. The Morgan fingerprint density at radius 2 is 1.85 bits per heavy atom.